The number of nitrogens with zero attached hydrogens (tertiary/aromatic N) is 4. The molecule has 2 aromatic heterocycles. The summed E-state index contributed by atoms with van der Waals surface area (Å²) in [5.74, 6) is -0.485. The maximum absolute atomic E-state index is 13.9. The number of rotatable bonds is 10. The Morgan fingerprint density at radius 1 is 1.00 bits per heavy atom. The second-order valence-electron chi connectivity index (χ2n) is 9.65. The van der Waals surface area contributed by atoms with E-state index >= 15 is 0 Å². The summed E-state index contributed by atoms with van der Waals surface area (Å²) in [5, 5.41) is 0. The quantitative estimate of drug-likeness (QED) is 0.469. The van der Waals surface area contributed by atoms with Gasteiger partial charge >= 0.3 is 0 Å². The van der Waals surface area contributed by atoms with Crippen molar-refractivity contribution in [2.45, 2.75) is 53.0 Å². The third-order valence-corrected chi connectivity index (χ3v) is 7.41. The monoisotopic (exact) mass is 493 g/mol. The van der Waals surface area contributed by atoms with Crippen LogP contribution in [0.15, 0.2) is 35.1 Å². The molecule has 0 aliphatic carbocycles. The largest absolute Gasteiger partial charge is 0.379 e. The topological polar surface area (TPSA) is 87.4 Å². The smallest absolute Gasteiger partial charge is 0.279 e. The van der Waals surface area contributed by atoms with E-state index in [0.717, 1.165) is 87.8 Å². The Balaban J connectivity index is 1.83. The summed E-state index contributed by atoms with van der Waals surface area (Å²) in [6.45, 7) is 11.3. The Bertz CT molecular complexity index is 1260. The normalized spacial score (nSPS) is 14.4. The minimum Gasteiger partial charge on any atom is -0.379 e. The molecule has 3 heterocycles. The van der Waals surface area contributed by atoms with E-state index in [1.165, 1.54) is 0 Å². The van der Waals surface area contributed by atoms with Crippen LogP contribution in [-0.4, -0.2) is 57.6 Å². The molecule has 0 atom stereocenters. The molecule has 0 radical (unpaired) electrons. The molecule has 194 valence electrons. The number of amides is 1. The van der Waals surface area contributed by atoms with E-state index in [0.29, 0.717) is 16.7 Å². The number of nitrogens with two attached hydrogens (primary N) is 1. The number of aromatic nitrogens is 3. The number of para-hydroxylation sites is 1. The van der Waals surface area contributed by atoms with Crippen LogP contribution in [0.2, 0.25) is 0 Å². The van der Waals surface area contributed by atoms with Crippen LogP contribution >= 0.6 is 0 Å². The van der Waals surface area contributed by atoms with Crippen molar-refractivity contribution in [3.05, 3.63) is 63.3 Å². The molecule has 8 nitrogen and oxygen atoms in total. The lowest BCUT2D eigenvalue weighted by molar-refractivity contribution is 0.0369. The lowest BCUT2D eigenvalue weighted by Gasteiger charge is -2.26. The van der Waals surface area contributed by atoms with Gasteiger partial charge in [0.25, 0.3) is 11.5 Å². The molecule has 1 fully saturated rings. The number of carbonyl (C=O) groups excluding carboxylic acids is 1. The summed E-state index contributed by atoms with van der Waals surface area (Å²) in [6, 6.07) is 9.60. The summed E-state index contributed by atoms with van der Waals surface area (Å²) < 4.78 is 11.3. The Labute approximate surface area is 213 Å². The van der Waals surface area contributed by atoms with Gasteiger partial charge in [0.15, 0.2) is 0 Å². The van der Waals surface area contributed by atoms with Crippen molar-refractivity contribution in [1.29, 1.82) is 0 Å². The first-order chi connectivity index (χ1) is 17.4. The van der Waals surface area contributed by atoms with Gasteiger partial charge in [-0.25, -0.2) is 4.68 Å². The van der Waals surface area contributed by atoms with E-state index < -0.39 is 5.91 Å². The molecule has 1 saturated heterocycles. The highest BCUT2D eigenvalue weighted by molar-refractivity contribution is 6.02. The molecule has 1 amide bonds. The van der Waals surface area contributed by atoms with Crippen molar-refractivity contribution >= 4 is 5.91 Å². The van der Waals surface area contributed by atoms with Crippen LogP contribution in [0.1, 0.15) is 53.6 Å². The Kier molecular flexibility index (Phi) is 8.16. The first kappa shape index (κ1) is 26.0. The summed E-state index contributed by atoms with van der Waals surface area (Å²) in [4.78, 5) is 29.2. The molecule has 8 heteroatoms. The van der Waals surface area contributed by atoms with Crippen molar-refractivity contribution < 1.29 is 9.53 Å². The van der Waals surface area contributed by atoms with Crippen LogP contribution in [0.5, 0.6) is 0 Å². The Morgan fingerprint density at radius 3 is 2.33 bits per heavy atom. The van der Waals surface area contributed by atoms with Gasteiger partial charge in [0.2, 0.25) is 0 Å². The van der Waals surface area contributed by atoms with Gasteiger partial charge in [-0.05, 0) is 45.2 Å². The highest BCUT2D eigenvalue weighted by Gasteiger charge is 2.30. The Hall–Kier alpha value is -3.10. The van der Waals surface area contributed by atoms with Gasteiger partial charge in [0.1, 0.15) is 0 Å². The number of unbranched alkanes of at least 4 members (excludes halogenated alkanes) is 1. The first-order valence-corrected chi connectivity index (χ1v) is 13.0. The number of morpholine rings is 1. The summed E-state index contributed by atoms with van der Waals surface area (Å²) in [7, 11) is 1.88. The molecule has 0 saturated carbocycles. The van der Waals surface area contributed by atoms with E-state index in [1.807, 2.05) is 55.9 Å². The van der Waals surface area contributed by atoms with Crippen molar-refractivity contribution in [2.24, 2.45) is 12.8 Å². The molecular weight excluding hydrogens is 454 g/mol. The highest BCUT2D eigenvalue weighted by Crippen LogP contribution is 2.34. The second kappa shape index (κ2) is 11.3. The van der Waals surface area contributed by atoms with Crippen LogP contribution in [0.4, 0.5) is 0 Å². The first-order valence-electron chi connectivity index (χ1n) is 13.0. The maximum atomic E-state index is 13.9. The van der Waals surface area contributed by atoms with Gasteiger partial charge in [0.05, 0.1) is 30.0 Å². The summed E-state index contributed by atoms with van der Waals surface area (Å²) in [6.07, 6.45) is 3.73. The number of carbonyl (C=O) groups is 1. The van der Waals surface area contributed by atoms with Crippen molar-refractivity contribution in [3.8, 4) is 16.8 Å². The maximum Gasteiger partial charge on any atom is 0.279 e. The molecule has 4 rings (SSSR count). The van der Waals surface area contributed by atoms with Crippen molar-refractivity contribution in [1.82, 2.24) is 18.8 Å². The molecule has 0 bridgehead atoms. The van der Waals surface area contributed by atoms with Gasteiger partial charge in [-0.3, -0.25) is 19.2 Å². The van der Waals surface area contributed by atoms with Crippen LogP contribution in [0.3, 0.4) is 0 Å². The van der Waals surface area contributed by atoms with Crippen molar-refractivity contribution in [2.75, 3.05) is 32.8 Å². The van der Waals surface area contributed by atoms with Crippen LogP contribution in [-0.2, 0) is 24.8 Å². The third-order valence-electron chi connectivity index (χ3n) is 7.41. The summed E-state index contributed by atoms with van der Waals surface area (Å²) >= 11 is 0. The molecule has 0 unspecified atom stereocenters. The van der Waals surface area contributed by atoms with E-state index in [1.54, 1.807) is 4.68 Å². The van der Waals surface area contributed by atoms with E-state index in [9.17, 15) is 9.59 Å². The average Bonchev–Trinajstić information content (AvgIpc) is 3.27. The fourth-order valence-corrected chi connectivity index (χ4v) is 5.41. The molecule has 3 aromatic rings. The second-order valence-corrected chi connectivity index (χ2v) is 9.65. The molecular formula is C28H39N5O3. The van der Waals surface area contributed by atoms with E-state index in [-0.39, 0.29) is 5.56 Å². The zero-order valence-electron chi connectivity index (χ0n) is 22.0. The van der Waals surface area contributed by atoms with E-state index in [4.69, 9.17) is 10.5 Å². The zero-order chi connectivity index (χ0) is 25.8. The molecule has 1 aliphatic rings. The fourth-order valence-electron chi connectivity index (χ4n) is 5.41. The molecule has 0 spiro atoms. The Morgan fingerprint density at radius 2 is 1.69 bits per heavy atom. The SMILES string of the molecule is CCCCc1c(-c2c(C)n(C)n(-c3ccccc3)c2=O)c(C(N)=O)c(C)n1CCCN1CCOCC1. The minimum atomic E-state index is -0.485. The van der Waals surface area contributed by atoms with Crippen LogP contribution in [0, 0.1) is 13.8 Å². The number of ether oxygens (including phenoxy) is 1. The molecule has 2 N–H and O–H groups in total. The van der Waals surface area contributed by atoms with Gasteiger partial charge in [-0.1, -0.05) is 31.5 Å². The number of primary amides is 1. The lowest BCUT2D eigenvalue weighted by atomic mass is 9.98. The molecule has 1 aliphatic heterocycles. The molecule has 1 aromatic carbocycles. The van der Waals surface area contributed by atoms with Gasteiger partial charge in [0, 0.05) is 55.9 Å². The average molecular weight is 494 g/mol. The third kappa shape index (κ3) is 4.92. The van der Waals surface area contributed by atoms with Gasteiger partial charge < -0.3 is 15.0 Å². The van der Waals surface area contributed by atoms with Gasteiger partial charge in [-0.2, -0.15) is 0 Å². The number of benzene rings is 1. The number of hydrogen-bond acceptors (Lipinski definition) is 4. The number of hydrogen-bond donors (Lipinski definition) is 1. The summed E-state index contributed by atoms with van der Waals surface area (Å²) in [5.41, 5.74) is 11.1. The zero-order valence-corrected chi connectivity index (χ0v) is 22.0. The van der Waals surface area contributed by atoms with Gasteiger partial charge in [-0.15, -0.1) is 0 Å². The predicted octanol–water partition coefficient (Wildman–Crippen LogP) is 3.43. The lowest BCUT2D eigenvalue weighted by Crippen LogP contribution is -2.37. The standard InChI is InChI=1S/C28H39N5O3/c1-5-6-13-23-26(25-20(2)30(4)33(28(25)35)22-11-8-7-9-12-22)24(27(29)34)21(3)32(23)15-10-14-31-16-18-36-19-17-31/h7-9,11-12H,5-6,10,13-19H2,1-4H3,(H2,29,34). The van der Waals surface area contributed by atoms with E-state index in [2.05, 4.69) is 16.4 Å². The minimum absolute atomic E-state index is 0.132. The fraction of sp³-hybridized carbons (Fsp3) is 0.500. The highest BCUT2D eigenvalue weighted by atomic mass is 16.5. The van der Waals surface area contributed by atoms with Crippen LogP contribution < -0.4 is 11.3 Å². The van der Waals surface area contributed by atoms with Crippen molar-refractivity contribution in [3.63, 3.8) is 0 Å². The molecule has 36 heavy (non-hydrogen) atoms. The predicted molar refractivity (Wildman–Crippen MR) is 143 cm³/mol. The van der Waals surface area contributed by atoms with Crippen LogP contribution in [0.25, 0.3) is 16.8 Å².